The van der Waals surface area contributed by atoms with Crippen LogP contribution in [-0.4, -0.2) is 16.0 Å². The summed E-state index contributed by atoms with van der Waals surface area (Å²) in [6.45, 7) is 8.12. The van der Waals surface area contributed by atoms with Gasteiger partial charge in [-0.05, 0) is 62.1 Å². The van der Waals surface area contributed by atoms with Crippen molar-refractivity contribution >= 4 is 16.8 Å². The first kappa shape index (κ1) is 17.1. The van der Waals surface area contributed by atoms with E-state index in [1.165, 1.54) is 11.1 Å². The molecule has 3 N–H and O–H groups in total. The van der Waals surface area contributed by atoms with E-state index in [1.54, 1.807) is 12.1 Å². The summed E-state index contributed by atoms with van der Waals surface area (Å²) in [7, 11) is 0. The Labute approximate surface area is 147 Å². The maximum Gasteiger partial charge on any atom is 0.224 e. The molecule has 1 amide bonds. The molecule has 4 heteroatoms. The molecule has 130 valence electrons. The number of carbonyl (C=O) groups excluding carboxylic acids is 1. The third-order valence-corrected chi connectivity index (χ3v) is 4.80. The molecule has 0 spiro atoms. The van der Waals surface area contributed by atoms with E-state index in [9.17, 15) is 9.90 Å². The number of hydrogen-bond acceptors (Lipinski definition) is 2. The van der Waals surface area contributed by atoms with Crippen LogP contribution in [0.2, 0.25) is 0 Å². The van der Waals surface area contributed by atoms with Crippen molar-refractivity contribution in [1.82, 2.24) is 10.3 Å². The summed E-state index contributed by atoms with van der Waals surface area (Å²) in [5.74, 6) is 0.216. The van der Waals surface area contributed by atoms with E-state index in [4.69, 9.17) is 0 Å². The van der Waals surface area contributed by atoms with Gasteiger partial charge in [-0.1, -0.05) is 24.3 Å². The Kier molecular flexibility index (Phi) is 4.53. The van der Waals surface area contributed by atoms with Gasteiger partial charge in [-0.25, -0.2) is 0 Å². The van der Waals surface area contributed by atoms with Gasteiger partial charge in [0.05, 0.1) is 12.5 Å². The lowest BCUT2D eigenvalue weighted by Crippen LogP contribution is -2.28. The smallest absolute Gasteiger partial charge is 0.224 e. The van der Waals surface area contributed by atoms with Crippen molar-refractivity contribution < 1.29 is 9.90 Å². The molecule has 0 aliphatic heterocycles. The predicted octanol–water partition coefficient (Wildman–Crippen LogP) is 4.22. The summed E-state index contributed by atoms with van der Waals surface area (Å²) in [5, 5.41) is 13.6. The quantitative estimate of drug-likeness (QED) is 0.668. The molecule has 4 nitrogen and oxygen atoms in total. The molecule has 1 aromatic heterocycles. The highest BCUT2D eigenvalue weighted by Crippen LogP contribution is 2.28. The molecule has 0 saturated heterocycles. The number of amides is 1. The molecule has 0 aliphatic carbocycles. The van der Waals surface area contributed by atoms with Crippen molar-refractivity contribution in [1.29, 1.82) is 0 Å². The number of rotatable bonds is 4. The van der Waals surface area contributed by atoms with Gasteiger partial charge in [-0.2, -0.15) is 0 Å². The summed E-state index contributed by atoms with van der Waals surface area (Å²) in [4.78, 5) is 16.0. The normalized spacial score (nSPS) is 12.3. The van der Waals surface area contributed by atoms with Crippen LogP contribution in [0.3, 0.4) is 0 Å². The number of fused-ring (bicyclic) bond motifs is 1. The summed E-state index contributed by atoms with van der Waals surface area (Å²) in [5.41, 5.74) is 6.55. The molecule has 1 unspecified atom stereocenters. The van der Waals surface area contributed by atoms with Gasteiger partial charge in [0.1, 0.15) is 5.75 Å². The Morgan fingerprint density at radius 2 is 1.72 bits per heavy atom. The highest BCUT2D eigenvalue weighted by molar-refractivity contribution is 5.93. The third-order valence-electron chi connectivity index (χ3n) is 4.80. The minimum absolute atomic E-state index is 0.00881. The number of carbonyl (C=O) groups is 1. The molecule has 3 aromatic rings. The van der Waals surface area contributed by atoms with Crippen LogP contribution in [-0.2, 0) is 11.2 Å². The lowest BCUT2D eigenvalue weighted by Gasteiger charge is -2.15. The Hall–Kier alpha value is -2.75. The van der Waals surface area contributed by atoms with E-state index in [2.05, 4.69) is 36.3 Å². The molecule has 3 rings (SSSR count). The van der Waals surface area contributed by atoms with E-state index < -0.39 is 0 Å². The second-order valence-electron chi connectivity index (χ2n) is 6.74. The van der Waals surface area contributed by atoms with Gasteiger partial charge in [0.2, 0.25) is 5.91 Å². The average Bonchev–Trinajstić information content (AvgIpc) is 2.89. The SMILES string of the molecule is Cc1[nH]c2c(C)ccc(C)c2c1CC(=O)NC(C)c1ccc(O)cc1. The van der Waals surface area contributed by atoms with E-state index in [0.29, 0.717) is 6.42 Å². The molecular weight excluding hydrogens is 312 g/mol. The van der Waals surface area contributed by atoms with Crippen LogP contribution in [0.25, 0.3) is 10.9 Å². The zero-order chi connectivity index (χ0) is 18.1. The molecule has 2 aromatic carbocycles. The third kappa shape index (κ3) is 3.38. The lowest BCUT2D eigenvalue weighted by molar-refractivity contribution is -0.121. The van der Waals surface area contributed by atoms with E-state index in [0.717, 1.165) is 27.7 Å². The molecule has 1 atom stereocenters. The minimum atomic E-state index is -0.110. The highest BCUT2D eigenvalue weighted by Gasteiger charge is 2.17. The number of H-pyrrole nitrogens is 1. The highest BCUT2D eigenvalue weighted by atomic mass is 16.3. The first-order valence-corrected chi connectivity index (χ1v) is 8.52. The fraction of sp³-hybridized carbons (Fsp3) is 0.286. The van der Waals surface area contributed by atoms with Crippen molar-refractivity contribution in [2.24, 2.45) is 0 Å². The summed E-state index contributed by atoms with van der Waals surface area (Å²) >= 11 is 0. The number of aromatic hydroxyl groups is 1. The van der Waals surface area contributed by atoms with E-state index in [1.807, 2.05) is 26.0 Å². The predicted molar refractivity (Wildman–Crippen MR) is 101 cm³/mol. The van der Waals surface area contributed by atoms with Crippen LogP contribution in [0.15, 0.2) is 36.4 Å². The fourth-order valence-corrected chi connectivity index (χ4v) is 3.33. The van der Waals surface area contributed by atoms with Gasteiger partial charge in [0.25, 0.3) is 0 Å². The average molecular weight is 336 g/mol. The largest absolute Gasteiger partial charge is 0.508 e. The van der Waals surface area contributed by atoms with Crippen molar-refractivity contribution in [2.75, 3.05) is 0 Å². The molecule has 0 aliphatic rings. The van der Waals surface area contributed by atoms with Gasteiger partial charge >= 0.3 is 0 Å². The molecule has 0 saturated carbocycles. The van der Waals surface area contributed by atoms with Crippen molar-refractivity contribution in [2.45, 2.75) is 40.2 Å². The van der Waals surface area contributed by atoms with Crippen LogP contribution in [0.5, 0.6) is 5.75 Å². The first-order valence-electron chi connectivity index (χ1n) is 8.52. The lowest BCUT2D eigenvalue weighted by atomic mass is 10.0. The number of phenols is 1. The Bertz CT molecular complexity index is 923. The second-order valence-corrected chi connectivity index (χ2v) is 6.74. The Balaban J connectivity index is 1.81. The fourth-order valence-electron chi connectivity index (χ4n) is 3.33. The maximum absolute atomic E-state index is 12.6. The molecule has 0 radical (unpaired) electrons. The summed E-state index contributed by atoms with van der Waals surface area (Å²) in [6, 6.07) is 11.0. The molecular formula is C21H24N2O2. The van der Waals surface area contributed by atoms with Crippen molar-refractivity contribution in [3.05, 3.63) is 64.3 Å². The molecule has 25 heavy (non-hydrogen) atoms. The van der Waals surface area contributed by atoms with Crippen LogP contribution in [0.1, 0.15) is 40.9 Å². The number of aryl methyl sites for hydroxylation is 3. The van der Waals surface area contributed by atoms with Gasteiger partial charge in [-0.3, -0.25) is 4.79 Å². The first-order chi connectivity index (χ1) is 11.9. The zero-order valence-electron chi connectivity index (χ0n) is 15.1. The van der Waals surface area contributed by atoms with E-state index >= 15 is 0 Å². The van der Waals surface area contributed by atoms with Crippen molar-refractivity contribution in [3.63, 3.8) is 0 Å². The topological polar surface area (TPSA) is 65.1 Å². The number of aromatic nitrogens is 1. The zero-order valence-corrected chi connectivity index (χ0v) is 15.1. The number of nitrogens with one attached hydrogen (secondary N) is 2. The standard InChI is InChI=1S/C21H24N2O2/c1-12-5-6-13(2)21-20(12)18(15(4)23-21)11-19(25)22-14(3)16-7-9-17(24)10-8-16/h5-10,14,23-24H,11H2,1-4H3,(H,22,25). The monoisotopic (exact) mass is 336 g/mol. The second kappa shape index (κ2) is 6.63. The maximum atomic E-state index is 12.6. The summed E-state index contributed by atoms with van der Waals surface area (Å²) < 4.78 is 0. The van der Waals surface area contributed by atoms with Crippen molar-refractivity contribution in [3.8, 4) is 5.75 Å². The number of aromatic amines is 1. The molecule has 0 fully saturated rings. The number of phenolic OH excluding ortho intramolecular Hbond substituents is 1. The van der Waals surface area contributed by atoms with Crippen LogP contribution < -0.4 is 5.32 Å². The van der Waals surface area contributed by atoms with E-state index in [-0.39, 0.29) is 17.7 Å². The summed E-state index contributed by atoms with van der Waals surface area (Å²) in [6.07, 6.45) is 0.346. The minimum Gasteiger partial charge on any atom is -0.508 e. The molecule has 1 heterocycles. The molecule has 0 bridgehead atoms. The number of hydrogen-bond donors (Lipinski definition) is 3. The van der Waals surface area contributed by atoms with Crippen LogP contribution >= 0.6 is 0 Å². The Morgan fingerprint density at radius 1 is 1.08 bits per heavy atom. The van der Waals surface area contributed by atoms with Crippen LogP contribution in [0.4, 0.5) is 0 Å². The number of benzene rings is 2. The van der Waals surface area contributed by atoms with Gasteiger partial charge in [0, 0.05) is 16.6 Å². The van der Waals surface area contributed by atoms with Crippen LogP contribution in [0, 0.1) is 20.8 Å². The van der Waals surface area contributed by atoms with Gasteiger partial charge < -0.3 is 15.4 Å². The van der Waals surface area contributed by atoms with Gasteiger partial charge in [0.15, 0.2) is 0 Å². The van der Waals surface area contributed by atoms with Gasteiger partial charge in [-0.15, -0.1) is 0 Å². The Morgan fingerprint density at radius 3 is 2.40 bits per heavy atom.